The lowest BCUT2D eigenvalue weighted by Gasteiger charge is -2.54. The molecule has 4 aliphatic rings. The van der Waals surface area contributed by atoms with Gasteiger partial charge >= 0.3 is 0 Å². The summed E-state index contributed by atoms with van der Waals surface area (Å²) in [6.07, 6.45) is 14.9. The monoisotopic (exact) mass is 258 g/mol. The van der Waals surface area contributed by atoms with E-state index in [4.69, 9.17) is 0 Å². The molecular weight excluding hydrogens is 232 g/mol. The van der Waals surface area contributed by atoms with Crippen LogP contribution in [0.1, 0.15) is 58.3 Å². The topological polar surface area (TPSA) is 17.1 Å². The molecule has 0 radical (unpaired) electrons. The van der Waals surface area contributed by atoms with Crippen LogP contribution in [0.15, 0.2) is 12.2 Å². The number of Topliss-reactive ketones (excluding diaryl/α,β-unsaturated/α-hetero) is 1. The summed E-state index contributed by atoms with van der Waals surface area (Å²) < 4.78 is 0. The second-order valence-corrected chi connectivity index (χ2v) is 7.82. The third kappa shape index (κ3) is 1.69. The van der Waals surface area contributed by atoms with Crippen molar-refractivity contribution in [2.45, 2.75) is 58.3 Å². The minimum atomic E-state index is 0.453. The normalized spacial score (nSPS) is 52.5. The number of fused-ring (bicyclic) bond motifs is 5. The van der Waals surface area contributed by atoms with Gasteiger partial charge in [0.1, 0.15) is 5.78 Å². The molecule has 0 aliphatic heterocycles. The second kappa shape index (κ2) is 4.20. The second-order valence-electron chi connectivity index (χ2n) is 7.82. The highest BCUT2D eigenvalue weighted by molar-refractivity contribution is 5.82. The molecule has 0 aromatic rings. The standard InChI is InChI=1S/C18H26O/c1-18-10-3-5-16(18)14-7-8-15-12(13(14)9-11-18)4-2-6-17(15)19/h3,10,12-16H,2,4-9,11H2,1H3/t12-,13-,14-,15?,16+,18+/m1/s1. The number of carbonyl (C=O) groups excluding carboxylic acids is 1. The van der Waals surface area contributed by atoms with Gasteiger partial charge in [-0.25, -0.2) is 0 Å². The Kier molecular flexibility index (Phi) is 2.69. The van der Waals surface area contributed by atoms with Gasteiger partial charge in [0, 0.05) is 12.3 Å². The molecule has 1 unspecified atom stereocenters. The molecular formula is C18H26O. The Bertz CT molecular complexity index is 423. The van der Waals surface area contributed by atoms with Gasteiger partial charge in [-0.1, -0.05) is 19.1 Å². The van der Waals surface area contributed by atoms with E-state index in [0.29, 0.717) is 17.1 Å². The van der Waals surface area contributed by atoms with Crippen molar-refractivity contribution in [3.8, 4) is 0 Å². The molecule has 0 aromatic heterocycles. The van der Waals surface area contributed by atoms with Crippen LogP contribution >= 0.6 is 0 Å². The highest BCUT2D eigenvalue weighted by atomic mass is 16.1. The maximum absolute atomic E-state index is 12.2. The van der Waals surface area contributed by atoms with Crippen LogP contribution in [0.2, 0.25) is 0 Å². The Morgan fingerprint density at radius 1 is 1.11 bits per heavy atom. The van der Waals surface area contributed by atoms with Gasteiger partial charge in [0.2, 0.25) is 0 Å². The minimum Gasteiger partial charge on any atom is -0.299 e. The molecule has 19 heavy (non-hydrogen) atoms. The van der Waals surface area contributed by atoms with E-state index in [1.165, 1.54) is 44.9 Å². The lowest BCUT2D eigenvalue weighted by atomic mass is 9.50. The molecule has 0 bridgehead atoms. The quantitative estimate of drug-likeness (QED) is 0.589. The van der Waals surface area contributed by atoms with Gasteiger partial charge in [-0.2, -0.15) is 0 Å². The van der Waals surface area contributed by atoms with Crippen LogP contribution < -0.4 is 0 Å². The molecule has 0 aromatic carbocycles. The number of rotatable bonds is 0. The van der Waals surface area contributed by atoms with Gasteiger partial charge in [0.25, 0.3) is 0 Å². The van der Waals surface area contributed by atoms with Gasteiger partial charge in [-0.15, -0.1) is 0 Å². The lowest BCUT2D eigenvalue weighted by Crippen LogP contribution is -2.48. The van der Waals surface area contributed by atoms with Crippen LogP contribution in [-0.2, 0) is 4.79 Å². The van der Waals surface area contributed by atoms with Crippen molar-refractivity contribution in [1.29, 1.82) is 0 Å². The van der Waals surface area contributed by atoms with Crippen LogP contribution in [0.5, 0.6) is 0 Å². The molecule has 4 aliphatic carbocycles. The first-order chi connectivity index (χ1) is 9.19. The molecule has 0 saturated heterocycles. The first-order valence-electron chi connectivity index (χ1n) is 8.39. The Hall–Kier alpha value is -0.590. The summed E-state index contributed by atoms with van der Waals surface area (Å²) in [6, 6.07) is 0. The molecule has 1 heteroatoms. The van der Waals surface area contributed by atoms with Gasteiger partial charge in [-0.05, 0) is 74.0 Å². The summed E-state index contributed by atoms with van der Waals surface area (Å²) in [5.41, 5.74) is 0.493. The molecule has 3 saturated carbocycles. The van der Waals surface area contributed by atoms with Crippen molar-refractivity contribution in [2.24, 2.45) is 35.0 Å². The molecule has 0 heterocycles. The SMILES string of the molecule is C[C@@]12C=CC[C@H]1[C@@H]1CCC3C(=O)CCC[C@@H]3[C@H]1CC2. The smallest absolute Gasteiger partial charge is 0.136 e. The lowest BCUT2D eigenvalue weighted by molar-refractivity contribution is -0.133. The summed E-state index contributed by atoms with van der Waals surface area (Å²) >= 11 is 0. The number of hydrogen-bond acceptors (Lipinski definition) is 1. The van der Waals surface area contributed by atoms with Crippen LogP contribution in [0, 0.1) is 35.0 Å². The zero-order valence-corrected chi connectivity index (χ0v) is 12.1. The zero-order valence-electron chi connectivity index (χ0n) is 12.1. The van der Waals surface area contributed by atoms with Crippen LogP contribution in [0.4, 0.5) is 0 Å². The van der Waals surface area contributed by atoms with Crippen LogP contribution in [0.3, 0.4) is 0 Å². The Morgan fingerprint density at radius 3 is 2.89 bits per heavy atom. The maximum Gasteiger partial charge on any atom is 0.136 e. The Balaban J connectivity index is 1.61. The van der Waals surface area contributed by atoms with E-state index in [2.05, 4.69) is 19.1 Å². The van der Waals surface area contributed by atoms with E-state index in [-0.39, 0.29) is 0 Å². The fourth-order valence-corrected chi connectivity index (χ4v) is 6.14. The van der Waals surface area contributed by atoms with Crippen molar-refractivity contribution in [3.63, 3.8) is 0 Å². The van der Waals surface area contributed by atoms with Crippen molar-refractivity contribution in [1.82, 2.24) is 0 Å². The number of allylic oxidation sites excluding steroid dienone is 2. The average Bonchev–Trinajstić information content (AvgIpc) is 2.80. The summed E-state index contributed by atoms with van der Waals surface area (Å²) in [5.74, 6) is 4.50. The largest absolute Gasteiger partial charge is 0.299 e. The van der Waals surface area contributed by atoms with Gasteiger partial charge < -0.3 is 0 Å². The van der Waals surface area contributed by atoms with E-state index in [9.17, 15) is 4.79 Å². The molecule has 3 fully saturated rings. The van der Waals surface area contributed by atoms with Crippen LogP contribution in [-0.4, -0.2) is 5.78 Å². The molecule has 0 amide bonds. The fraction of sp³-hybridized carbons (Fsp3) is 0.833. The van der Waals surface area contributed by atoms with Gasteiger partial charge in [0.05, 0.1) is 0 Å². The first kappa shape index (κ1) is 12.2. The van der Waals surface area contributed by atoms with E-state index < -0.39 is 0 Å². The summed E-state index contributed by atoms with van der Waals surface area (Å²) in [7, 11) is 0. The minimum absolute atomic E-state index is 0.453. The van der Waals surface area contributed by atoms with Crippen molar-refractivity contribution in [3.05, 3.63) is 12.2 Å². The van der Waals surface area contributed by atoms with Crippen LogP contribution in [0.25, 0.3) is 0 Å². The van der Waals surface area contributed by atoms with Crippen molar-refractivity contribution >= 4 is 5.78 Å². The molecule has 4 rings (SSSR count). The van der Waals surface area contributed by atoms with Crippen molar-refractivity contribution < 1.29 is 4.79 Å². The van der Waals surface area contributed by atoms with E-state index in [1.807, 2.05) is 0 Å². The highest BCUT2D eigenvalue weighted by Gasteiger charge is 2.52. The van der Waals surface area contributed by atoms with E-state index >= 15 is 0 Å². The average molecular weight is 258 g/mol. The summed E-state index contributed by atoms with van der Waals surface area (Å²) in [5, 5.41) is 0. The molecule has 1 nitrogen and oxygen atoms in total. The van der Waals surface area contributed by atoms with Gasteiger partial charge in [-0.3, -0.25) is 4.79 Å². The Morgan fingerprint density at radius 2 is 2.00 bits per heavy atom. The fourth-order valence-electron chi connectivity index (χ4n) is 6.14. The number of hydrogen-bond donors (Lipinski definition) is 0. The first-order valence-corrected chi connectivity index (χ1v) is 8.39. The molecule has 0 N–H and O–H groups in total. The highest BCUT2D eigenvalue weighted by Crippen LogP contribution is 2.60. The zero-order chi connectivity index (χ0) is 13.0. The number of ketones is 1. The van der Waals surface area contributed by atoms with Gasteiger partial charge in [0.15, 0.2) is 0 Å². The third-order valence-electron chi connectivity index (χ3n) is 7.07. The maximum atomic E-state index is 12.2. The summed E-state index contributed by atoms with van der Waals surface area (Å²) in [4.78, 5) is 12.2. The predicted octanol–water partition coefficient (Wildman–Crippen LogP) is 4.37. The summed E-state index contributed by atoms with van der Waals surface area (Å²) in [6.45, 7) is 2.48. The third-order valence-corrected chi connectivity index (χ3v) is 7.07. The number of carbonyl (C=O) groups is 1. The van der Waals surface area contributed by atoms with E-state index in [1.54, 1.807) is 0 Å². The van der Waals surface area contributed by atoms with E-state index in [0.717, 1.165) is 30.1 Å². The molecule has 104 valence electrons. The Labute approximate surface area is 116 Å². The molecule has 6 atom stereocenters. The van der Waals surface area contributed by atoms with Crippen molar-refractivity contribution in [2.75, 3.05) is 0 Å². The molecule has 0 spiro atoms. The predicted molar refractivity (Wildman–Crippen MR) is 76.6 cm³/mol.